The smallest absolute Gasteiger partial charge is 0.269 e. The summed E-state index contributed by atoms with van der Waals surface area (Å²) in [5.41, 5.74) is 0.546. The topological polar surface area (TPSA) is 92.5 Å². The van der Waals surface area contributed by atoms with Crippen molar-refractivity contribution in [1.29, 1.82) is 0 Å². The summed E-state index contributed by atoms with van der Waals surface area (Å²) in [6.45, 7) is 4.19. The number of non-ortho nitro benzene ring substituents is 1. The number of carbonyl (C=O) groups is 1. The lowest BCUT2D eigenvalue weighted by molar-refractivity contribution is -0.384. The van der Waals surface area contributed by atoms with Crippen molar-refractivity contribution in [3.8, 4) is 0 Å². The number of aliphatic hydroxyl groups is 1. The average Bonchev–Trinajstić information content (AvgIpc) is 2.36. The van der Waals surface area contributed by atoms with Crippen molar-refractivity contribution in [3.05, 3.63) is 39.9 Å². The van der Waals surface area contributed by atoms with Gasteiger partial charge in [0, 0.05) is 18.7 Å². The highest BCUT2D eigenvalue weighted by Crippen LogP contribution is 2.13. The number of nitrogens with zero attached hydrogens (tertiary/aromatic N) is 1. The minimum Gasteiger partial charge on any atom is -0.391 e. The fourth-order valence-corrected chi connectivity index (χ4v) is 1.89. The molecule has 0 saturated carbocycles. The van der Waals surface area contributed by atoms with E-state index in [1.54, 1.807) is 12.1 Å². The van der Waals surface area contributed by atoms with Crippen LogP contribution < -0.4 is 5.32 Å². The molecular weight excluding hydrogens is 260 g/mol. The zero-order valence-electron chi connectivity index (χ0n) is 11.7. The molecule has 0 aliphatic rings. The van der Waals surface area contributed by atoms with Crippen LogP contribution in [0.2, 0.25) is 0 Å². The third-order valence-electron chi connectivity index (χ3n) is 2.76. The van der Waals surface area contributed by atoms with Crippen LogP contribution in [0.15, 0.2) is 24.3 Å². The summed E-state index contributed by atoms with van der Waals surface area (Å²) in [6.07, 6.45) is 0.122. The van der Waals surface area contributed by atoms with Gasteiger partial charge in [-0.15, -0.1) is 0 Å². The molecule has 20 heavy (non-hydrogen) atoms. The summed E-state index contributed by atoms with van der Waals surface area (Å²) in [7, 11) is 0. The number of hydrogen-bond donors (Lipinski definition) is 2. The first kappa shape index (κ1) is 16.1. The lowest BCUT2D eigenvalue weighted by Gasteiger charge is -2.13. The van der Waals surface area contributed by atoms with Crippen LogP contribution in [0, 0.1) is 16.0 Å². The monoisotopic (exact) mass is 280 g/mol. The number of hydrogen-bond acceptors (Lipinski definition) is 4. The van der Waals surface area contributed by atoms with Gasteiger partial charge in [0.25, 0.3) is 5.69 Å². The van der Waals surface area contributed by atoms with Gasteiger partial charge in [0.1, 0.15) is 0 Å². The number of nitrogens with one attached hydrogen (secondary N) is 1. The van der Waals surface area contributed by atoms with E-state index in [9.17, 15) is 20.0 Å². The van der Waals surface area contributed by atoms with E-state index >= 15 is 0 Å². The molecule has 0 heterocycles. The van der Waals surface area contributed by atoms with Gasteiger partial charge in [-0.25, -0.2) is 0 Å². The van der Waals surface area contributed by atoms with Crippen LogP contribution in [-0.2, 0) is 11.2 Å². The molecule has 6 heteroatoms. The van der Waals surface area contributed by atoms with E-state index in [1.807, 2.05) is 13.8 Å². The zero-order valence-corrected chi connectivity index (χ0v) is 11.7. The largest absolute Gasteiger partial charge is 0.391 e. The van der Waals surface area contributed by atoms with Crippen molar-refractivity contribution in [2.24, 2.45) is 5.92 Å². The lowest BCUT2D eigenvalue weighted by Crippen LogP contribution is -2.33. The number of aliphatic hydroxyl groups excluding tert-OH is 1. The van der Waals surface area contributed by atoms with Crippen molar-refractivity contribution in [3.63, 3.8) is 0 Å². The molecule has 0 radical (unpaired) electrons. The normalized spacial score (nSPS) is 12.2. The fraction of sp³-hybridized carbons (Fsp3) is 0.500. The molecular formula is C14H20N2O4. The van der Waals surface area contributed by atoms with Crippen LogP contribution >= 0.6 is 0 Å². The Kier molecular flexibility index (Phi) is 6.11. The Morgan fingerprint density at radius 3 is 2.75 bits per heavy atom. The first-order valence-corrected chi connectivity index (χ1v) is 6.56. The lowest BCUT2D eigenvalue weighted by atomic mass is 10.1. The van der Waals surface area contributed by atoms with E-state index in [1.165, 1.54) is 12.1 Å². The number of nitro benzene ring substituents is 1. The predicted molar refractivity (Wildman–Crippen MR) is 75.3 cm³/mol. The molecule has 6 nitrogen and oxygen atoms in total. The summed E-state index contributed by atoms with van der Waals surface area (Å²) in [5, 5.41) is 22.9. The molecule has 0 fully saturated rings. The van der Waals surface area contributed by atoms with Crippen LogP contribution in [0.5, 0.6) is 0 Å². The molecule has 1 aromatic carbocycles. The Morgan fingerprint density at radius 1 is 1.45 bits per heavy atom. The Balaban J connectivity index is 2.46. The van der Waals surface area contributed by atoms with Gasteiger partial charge in [0.05, 0.1) is 17.4 Å². The highest BCUT2D eigenvalue weighted by molar-refractivity contribution is 5.78. The van der Waals surface area contributed by atoms with Crippen molar-refractivity contribution >= 4 is 11.6 Å². The van der Waals surface area contributed by atoms with Gasteiger partial charge >= 0.3 is 0 Å². The first-order valence-electron chi connectivity index (χ1n) is 6.56. The van der Waals surface area contributed by atoms with E-state index in [4.69, 9.17) is 0 Å². The maximum Gasteiger partial charge on any atom is 0.269 e. The maximum atomic E-state index is 11.7. The maximum absolute atomic E-state index is 11.7. The molecule has 1 atom stereocenters. The number of amides is 1. The number of rotatable bonds is 7. The summed E-state index contributed by atoms with van der Waals surface area (Å²) >= 11 is 0. The zero-order chi connectivity index (χ0) is 15.1. The summed E-state index contributed by atoms with van der Waals surface area (Å²) < 4.78 is 0. The Hall–Kier alpha value is -1.95. The third kappa shape index (κ3) is 5.79. The van der Waals surface area contributed by atoms with E-state index < -0.39 is 11.0 Å². The van der Waals surface area contributed by atoms with Gasteiger partial charge in [0.15, 0.2) is 0 Å². The standard InChI is InChI=1S/C14H20N2O4/c1-10(2)6-13(17)9-15-14(18)8-11-4-3-5-12(7-11)16(19)20/h3-5,7,10,13,17H,6,8-9H2,1-2H3,(H,15,18)/t13-/m1/s1. The number of benzene rings is 1. The van der Waals surface area contributed by atoms with Gasteiger partial charge in [-0.1, -0.05) is 26.0 Å². The van der Waals surface area contributed by atoms with Gasteiger partial charge in [-0.05, 0) is 17.9 Å². The van der Waals surface area contributed by atoms with Crippen LogP contribution in [0.4, 0.5) is 5.69 Å². The molecule has 1 rings (SSSR count). The molecule has 0 bridgehead atoms. The van der Waals surface area contributed by atoms with Crippen LogP contribution in [0.1, 0.15) is 25.8 Å². The molecule has 0 spiro atoms. The quantitative estimate of drug-likeness (QED) is 0.587. The minimum absolute atomic E-state index is 0.0323. The molecule has 110 valence electrons. The highest BCUT2D eigenvalue weighted by atomic mass is 16.6. The minimum atomic E-state index is -0.566. The number of carbonyl (C=O) groups excluding carboxylic acids is 1. The van der Waals surface area contributed by atoms with Crippen LogP contribution in [0.3, 0.4) is 0 Å². The van der Waals surface area contributed by atoms with Crippen molar-refractivity contribution in [2.45, 2.75) is 32.8 Å². The van der Waals surface area contributed by atoms with Gasteiger partial charge in [0.2, 0.25) is 5.91 Å². The Labute approximate surface area is 118 Å². The van der Waals surface area contributed by atoms with Crippen molar-refractivity contribution in [1.82, 2.24) is 5.32 Å². The first-order chi connectivity index (χ1) is 9.38. The van der Waals surface area contributed by atoms with Gasteiger partial charge in [-0.2, -0.15) is 0 Å². The Bertz CT molecular complexity index is 474. The second kappa shape index (κ2) is 7.59. The SMILES string of the molecule is CC(C)C[C@@H](O)CNC(=O)Cc1cccc([N+](=O)[O-])c1. The molecule has 2 N–H and O–H groups in total. The second-order valence-corrected chi connectivity index (χ2v) is 5.19. The van der Waals surface area contributed by atoms with Crippen molar-refractivity contribution < 1.29 is 14.8 Å². The van der Waals surface area contributed by atoms with E-state index in [0.717, 1.165) is 0 Å². The fourth-order valence-electron chi connectivity index (χ4n) is 1.89. The molecule has 0 aliphatic carbocycles. The molecule has 0 aromatic heterocycles. The van der Waals surface area contributed by atoms with Crippen LogP contribution in [-0.4, -0.2) is 28.6 Å². The Morgan fingerprint density at radius 2 is 2.15 bits per heavy atom. The van der Waals surface area contributed by atoms with E-state index in [-0.39, 0.29) is 24.6 Å². The highest BCUT2D eigenvalue weighted by Gasteiger charge is 2.11. The van der Waals surface area contributed by atoms with Crippen molar-refractivity contribution in [2.75, 3.05) is 6.54 Å². The summed E-state index contributed by atoms with van der Waals surface area (Å²) in [6, 6.07) is 5.98. The molecule has 0 aliphatic heterocycles. The third-order valence-corrected chi connectivity index (χ3v) is 2.76. The molecule has 0 unspecified atom stereocenters. The van der Waals surface area contributed by atoms with E-state index in [0.29, 0.717) is 17.9 Å². The summed E-state index contributed by atoms with van der Waals surface area (Å²) in [4.78, 5) is 21.8. The van der Waals surface area contributed by atoms with E-state index in [2.05, 4.69) is 5.32 Å². The van der Waals surface area contributed by atoms with Crippen LogP contribution in [0.25, 0.3) is 0 Å². The molecule has 0 saturated heterocycles. The van der Waals surface area contributed by atoms with Gasteiger partial charge in [-0.3, -0.25) is 14.9 Å². The molecule has 1 amide bonds. The number of nitro groups is 1. The summed E-state index contributed by atoms with van der Waals surface area (Å²) in [5.74, 6) is 0.104. The average molecular weight is 280 g/mol. The molecule has 1 aromatic rings. The second-order valence-electron chi connectivity index (χ2n) is 5.19. The van der Waals surface area contributed by atoms with Gasteiger partial charge < -0.3 is 10.4 Å². The predicted octanol–water partition coefficient (Wildman–Crippen LogP) is 1.66.